The van der Waals surface area contributed by atoms with E-state index < -0.39 is 109 Å². The van der Waals surface area contributed by atoms with Crippen LogP contribution >= 0.6 is 0 Å². The molecule has 0 radical (unpaired) electrons. The standard InChI is InChI=1S/C17H27F3O7.C15H26O7.C7H13N.C6H13N.C5H5N.C2H3F3O/c1-5-25-14(22)10(2)6-13(16(24)26-8-12(4)21)7-11(3)15(23)27-9-17(18,19)20;1-5-21-14(19)10(3)7-12(6-9(2)13(17)18)15(20)22-8-11(4)16;1-8-7-5-3-2-4-6-7;7-6-4-2-1-3-5-6;1-2-4-6-5-3-1;3-2(4,5)1-6/h10-13,21H,5-9H2,1-4H3;9-12,16H,5-8H2,1-4H3,(H,17,18);7H,1-6H2;6H,1-5,7H2;1-5H;6H,1H2. The van der Waals surface area contributed by atoms with E-state index >= 15 is 0 Å². The molecule has 0 aliphatic heterocycles. The van der Waals surface area contributed by atoms with Crippen LogP contribution in [0.1, 0.15) is 145 Å². The van der Waals surface area contributed by atoms with Crippen molar-refractivity contribution in [3.05, 3.63) is 30.6 Å². The highest BCUT2D eigenvalue weighted by atomic mass is 19.4. The van der Waals surface area contributed by atoms with Gasteiger partial charge >= 0.3 is 48.2 Å². The lowest BCUT2D eigenvalue weighted by atomic mass is 9.88. The minimum Gasteiger partial charge on any atom is -0.481 e. The molecule has 0 spiro atoms. The lowest BCUT2D eigenvalue weighted by Gasteiger charge is -2.22. The van der Waals surface area contributed by atoms with E-state index in [0.29, 0.717) is 12.1 Å². The molecule has 6 N–H and O–H groups in total. The Hall–Kier alpha value is -4.94. The van der Waals surface area contributed by atoms with Crippen molar-refractivity contribution in [2.45, 2.75) is 182 Å². The van der Waals surface area contributed by atoms with E-state index in [1.54, 1.807) is 33.2 Å². The van der Waals surface area contributed by atoms with Gasteiger partial charge in [-0.25, -0.2) is 0 Å². The van der Waals surface area contributed by atoms with Gasteiger partial charge in [0.25, 0.3) is 0 Å². The van der Waals surface area contributed by atoms with Crippen molar-refractivity contribution < 1.29 is 99.2 Å². The van der Waals surface area contributed by atoms with E-state index in [4.69, 9.17) is 40.0 Å². The molecule has 76 heavy (non-hydrogen) atoms. The molecule has 3 rings (SSSR count). The van der Waals surface area contributed by atoms with E-state index in [1.165, 1.54) is 98.8 Å². The molecule has 2 aliphatic rings. The van der Waals surface area contributed by atoms with Crippen LogP contribution in [-0.2, 0) is 52.5 Å². The van der Waals surface area contributed by atoms with E-state index in [0.717, 1.165) is 0 Å². The zero-order valence-electron chi connectivity index (χ0n) is 45.5. The summed E-state index contributed by atoms with van der Waals surface area (Å²) in [6.45, 7) is 12.2. The smallest absolute Gasteiger partial charge is 0.422 e. The third kappa shape index (κ3) is 45.3. The third-order valence-corrected chi connectivity index (χ3v) is 11.0. The van der Waals surface area contributed by atoms with Crippen LogP contribution in [0.2, 0.25) is 0 Å². The molecule has 2 saturated carbocycles. The molecule has 1 aromatic rings. The first-order chi connectivity index (χ1) is 35.4. The van der Waals surface area contributed by atoms with Crippen LogP contribution in [0.3, 0.4) is 0 Å². The van der Waals surface area contributed by atoms with Gasteiger partial charge < -0.3 is 49.8 Å². The first-order valence-corrected chi connectivity index (χ1v) is 25.7. The minimum absolute atomic E-state index is 0.0195. The van der Waals surface area contributed by atoms with Gasteiger partial charge in [0.1, 0.15) is 19.8 Å². The van der Waals surface area contributed by atoms with Crippen molar-refractivity contribution in [1.29, 1.82) is 0 Å². The van der Waals surface area contributed by atoms with Crippen LogP contribution in [0.5, 0.6) is 0 Å². The highest BCUT2D eigenvalue weighted by molar-refractivity contribution is 5.78. The first kappa shape index (κ1) is 75.3. The quantitative estimate of drug-likeness (QED) is 0.0315. The summed E-state index contributed by atoms with van der Waals surface area (Å²) in [6.07, 6.45) is 6.13. The largest absolute Gasteiger partial charge is 0.481 e. The summed E-state index contributed by atoms with van der Waals surface area (Å²) in [7, 11) is 0. The second kappa shape index (κ2) is 44.1. The van der Waals surface area contributed by atoms with Gasteiger partial charge in [0.05, 0.1) is 60.9 Å². The molecule has 0 bridgehead atoms. The molecule has 2 aliphatic carbocycles. The van der Waals surface area contributed by atoms with Crippen molar-refractivity contribution in [3.8, 4) is 0 Å². The molecule has 1 heterocycles. The second-order valence-corrected chi connectivity index (χ2v) is 18.6. The van der Waals surface area contributed by atoms with Crippen LogP contribution < -0.4 is 5.73 Å². The summed E-state index contributed by atoms with van der Waals surface area (Å²) >= 11 is 0. The molecule has 8 atom stereocenters. The lowest BCUT2D eigenvalue weighted by Crippen LogP contribution is -2.30. The maximum atomic E-state index is 12.2. The molecule has 18 nitrogen and oxygen atoms in total. The minimum atomic E-state index is -4.65. The Morgan fingerprint density at radius 1 is 0.592 bits per heavy atom. The van der Waals surface area contributed by atoms with E-state index in [-0.39, 0.29) is 52.1 Å². The summed E-state index contributed by atoms with van der Waals surface area (Å²) in [6, 6.07) is 6.85. The van der Waals surface area contributed by atoms with Crippen molar-refractivity contribution in [3.63, 3.8) is 0 Å². The van der Waals surface area contributed by atoms with E-state index in [9.17, 15) is 60.2 Å². The molecular weight excluding hydrogens is 1020 g/mol. The number of halogens is 6. The van der Waals surface area contributed by atoms with Gasteiger partial charge in [-0.2, -0.15) is 26.3 Å². The fraction of sp³-hybridized carbons (Fsp3) is 0.769. The number of aliphatic imine (C=N–C) groups is 1. The van der Waals surface area contributed by atoms with Gasteiger partial charge in [0.2, 0.25) is 0 Å². The van der Waals surface area contributed by atoms with Crippen molar-refractivity contribution >= 4 is 42.5 Å². The van der Waals surface area contributed by atoms with Gasteiger partial charge in [0, 0.05) is 24.5 Å². The SMILES string of the molecule is C=NC1CCCCC1.CCOC(=O)C(C)CC(CC(C)C(=O)O)C(=O)OCC(C)O.CCOC(=O)C(C)CC(CC(C)C(=O)OCC(F)(F)F)C(=O)OCC(C)O.NC1CCCCC1.OCC(F)(F)F.c1ccncc1. The van der Waals surface area contributed by atoms with Crippen LogP contribution in [0.4, 0.5) is 26.3 Å². The number of carbonyl (C=O) groups excluding carboxylic acids is 5. The number of aromatic nitrogens is 1. The first-order valence-electron chi connectivity index (χ1n) is 25.7. The number of carboxylic acids is 1. The maximum absolute atomic E-state index is 12.2. The molecule has 2 fully saturated rings. The number of hydrogen-bond acceptors (Lipinski definition) is 17. The maximum Gasteiger partial charge on any atom is 0.422 e. The Kier molecular flexibility index (Phi) is 43.7. The summed E-state index contributed by atoms with van der Waals surface area (Å²) in [5.74, 6) is -9.13. The number of carbonyl (C=O) groups is 6. The zero-order valence-corrected chi connectivity index (χ0v) is 45.5. The molecule has 0 aromatic carbocycles. The fourth-order valence-electron chi connectivity index (χ4n) is 6.89. The van der Waals surface area contributed by atoms with E-state index in [1.807, 2.05) is 18.2 Å². The number of esters is 5. The highest BCUT2D eigenvalue weighted by Gasteiger charge is 2.34. The van der Waals surface area contributed by atoms with Crippen LogP contribution in [-0.4, -0.2) is 144 Å². The number of rotatable bonds is 22. The molecule has 24 heteroatoms. The number of aliphatic carboxylic acids is 1. The Bertz CT molecular complexity index is 1670. The predicted octanol–water partition coefficient (Wildman–Crippen LogP) is 8.39. The van der Waals surface area contributed by atoms with Gasteiger partial charge in [-0.1, -0.05) is 72.3 Å². The van der Waals surface area contributed by atoms with Gasteiger partial charge in [-0.05, 0) is 97.9 Å². The normalized spacial score (nSPS) is 16.7. The van der Waals surface area contributed by atoms with Crippen LogP contribution in [0.15, 0.2) is 35.6 Å². The van der Waals surface area contributed by atoms with Crippen molar-refractivity contribution in [2.75, 3.05) is 39.6 Å². The average molecular weight is 1110 g/mol. The van der Waals surface area contributed by atoms with Gasteiger partial charge in [-0.3, -0.25) is 38.7 Å². The number of carboxylic acid groups (broad SMARTS) is 1. The lowest BCUT2D eigenvalue weighted by molar-refractivity contribution is -0.189. The Morgan fingerprint density at radius 3 is 1.18 bits per heavy atom. The van der Waals surface area contributed by atoms with Crippen molar-refractivity contribution in [1.82, 2.24) is 4.98 Å². The number of hydrogen-bond donors (Lipinski definition) is 5. The zero-order chi connectivity index (χ0) is 58.9. The summed E-state index contributed by atoms with van der Waals surface area (Å²) < 4.78 is 91.9. The number of pyridine rings is 1. The number of aliphatic hydroxyl groups excluding tert-OH is 3. The summed E-state index contributed by atoms with van der Waals surface area (Å²) in [5, 5.41) is 34.6. The predicted molar refractivity (Wildman–Crippen MR) is 270 cm³/mol. The Labute approximate surface area is 444 Å². The number of alkyl halides is 6. The second-order valence-electron chi connectivity index (χ2n) is 18.6. The highest BCUT2D eigenvalue weighted by Crippen LogP contribution is 2.26. The number of aliphatic hydroxyl groups is 3. The molecule has 442 valence electrons. The molecule has 0 amide bonds. The summed E-state index contributed by atoms with van der Waals surface area (Å²) in [5.41, 5.74) is 5.63. The molecule has 0 saturated heterocycles. The van der Waals surface area contributed by atoms with Gasteiger partial charge in [-0.15, -0.1) is 0 Å². The number of nitrogens with two attached hydrogens (primary N) is 1. The third-order valence-electron chi connectivity index (χ3n) is 11.0. The molecular formula is C52H87F6N3O15. The van der Waals surface area contributed by atoms with Gasteiger partial charge in [0.15, 0.2) is 6.61 Å². The molecule has 8 unspecified atom stereocenters. The average Bonchev–Trinajstić information content (AvgIpc) is 3.37. The number of ether oxygens (including phenoxy) is 5. The molecule has 1 aromatic heterocycles. The van der Waals surface area contributed by atoms with Crippen molar-refractivity contribution in [2.24, 2.45) is 46.2 Å². The number of nitrogens with zero attached hydrogens (tertiary/aromatic N) is 2. The fourth-order valence-corrected chi connectivity index (χ4v) is 6.89. The summed E-state index contributed by atoms with van der Waals surface area (Å²) in [4.78, 5) is 78.2. The van der Waals surface area contributed by atoms with E-state index in [2.05, 4.69) is 21.4 Å². The Balaban J connectivity index is -0.000000946. The topological polar surface area (TPSA) is 281 Å². The van der Waals surface area contributed by atoms with Crippen LogP contribution in [0, 0.1) is 35.5 Å². The van der Waals surface area contributed by atoms with Crippen LogP contribution in [0.25, 0.3) is 0 Å². The monoisotopic (exact) mass is 1110 g/mol. The Morgan fingerprint density at radius 2 is 0.947 bits per heavy atom.